The highest BCUT2D eigenvalue weighted by Crippen LogP contribution is 2.28. The molecular weight excluding hydrogens is 316 g/mol. The van der Waals surface area contributed by atoms with Gasteiger partial charge in [0.2, 0.25) is 11.9 Å². The van der Waals surface area contributed by atoms with Crippen molar-refractivity contribution in [3.05, 3.63) is 10.1 Å². The van der Waals surface area contributed by atoms with Crippen LogP contribution < -0.4 is 5.32 Å². The maximum atomic E-state index is 12.1. The lowest BCUT2D eigenvalue weighted by Gasteiger charge is -2.29. The van der Waals surface area contributed by atoms with Gasteiger partial charge < -0.3 is 15.2 Å². The quantitative estimate of drug-likeness (QED) is 0.336. The second-order valence-corrected chi connectivity index (χ2v) is 6.34. The van der Waals surface area contributed by atoms with E-state index in [0.717, 1.165) is 25.7 Å². The number of ether oxygens (including phenoxy) is 1. The molecule has 1 aliphatic carbocycles. The van der Waals surface area contributed by atoms with Crippen molar-refractivity contribution in [3.63, 3.8) is 0 Å². The van der Waals surface area contributed by atoms with Gasteiger partial charge in [-0.1, -0.05) is 19.3 Å². The number of hydrogen-bond donors (Lipinski definition) is 2. The Bertz CT molecular complexity index is 429. The molecule has 3 unspecified atom stereocenters. The van der Waals surface area contributed by atoms with E-state index in [-0.39, 0.29) is 29.6 Å². The van der Waals surface area contributed by atoms with Crippen molar-refractivity contribution in [3.8, 4) is 0 Å². The molecule has 0 aromatic carbocycles. The number of methoxy groups -OCH3 is 1. The van der Waals surface area contributed by atoms with Crippen molar-refractivity contribution >= 4 is 11.9 Å². The summed E-state index contributed by atoms with van der Waals surface area (Å²) in [6, 6.07) is -0.811. The Balaban J connectivity index is 2.17. The standard InChI is InChI=1S/C16H28N2O6/c1-24-14-9-8-12(11-13(14)18(22)23)16(21)17-10-6-4-2-3-5-7-15(19)20/h12-14H,2-11H2,1H3,(H,17,21)(H,19,20). The Kier molecular flexibility index (Phi) is 9.29. The van der Waals surface area contributed by atoms with Gasteiger partial charge in [0.1, 0.15) is 6.10 Å². The molecule has 24 heavy (non-hydrogen) atoms. The number of carboxylic acids is 1. The summed E-state index contributed by atoms with van der Waals surface area (Å²) in [4.78, 5) is 33.2. The first-order chi connectivity index (χ1) is 11.5. The average Bonchev–Trinajstić information content (AvgIpc) is 2.56. The third-order valence-corrected chi connectivity index (χ3v) is 4.57. The Hall–Kier alpha value is -1.70. The van der Waals surface area contributed by atoms with Crippen molar-refractivity contribution in [2.45, 2.75) is 69.9 Å². The largest absolute Gasteiger partial charge is 0.481 e. The smallest absolute Gasteiger partial charge is 0.303 e. The SMILES string of the molecule is COC1CCC(C(=O)NCCCCCCCC(=O)O)CC1[N+](=O)[O-]. The number of nitro groups is 1. The fourth-order valence-electron chi connectivity index (χ4n) is 3.14. The predicted octanol–water partition coefficient (Wildman–Crippen LogP) is 1.99. The molecule has 1 aliphatic rings. The van der Waals surface area contributed by atoms with Gasteiger partial charge in [-0.15, -0.1) is 0 Å². The fourth-order valence-corrected chi connectivity index (χ4v) is 3.14. The molecule has 0 aliphatic heterocycles. The van der Waals surface area contributed by atoms with Crippen molar-refractivity contribution in [1.29, 1.82) is 0 Å². The number of carbonyl (C=O) groups is 2. The van der Waals surface area contributed by atoms with Crippen LogP contribution in [0.5, 0.6) is 0 Å². The van der Waals surface area contributed by atoms with Gasteiger partial charge in [0.15, 0.2) is 0 Å². The van der Waals surface area contributed by atoms with E-state index in [1.807, 2.05) is 0 Å². The zero-order valence-corrected chi connectivity index (χ0v) is 14.2. The molecule has 0 spiro atoms. The number of nitrogens with one attached hydrogen (secondary N) is 1. The second kappa shape index (κ2) is 11.0. The number of hydrogen-bond acceptors (Lipinski definition) is 5. The molecule has 0 heterocycles. The minimum Gasteiger partial charge on any atom is -0.481 e. The first-order valence-corrected chi connectivity index (χ1v) is 8.61. The van der Waals surface area contributed by atoms with Gasteiger partial charge in [0.05, 0.1) is 0 Å². The molecule has 1 rings (SSSR count). The zero-order valence-electron chi connectivity index (χ0n) is 14.2. The van der Waals surface area contributed by atoms with Crippen molar-refractivity contribution in [2.75, 3.05) is 13.7 Å². The number of carbonyl (C=O) groups excluding carboxylic acids is 1. The zero-order chi connectivity index (χ0) is 17.9. The summed E-state index contributed by atoms with van der Waals surface area (Å²) >= 11 is 0. The Labute approximate surface area is 142 Å². The Morgan fingerprint density at radius 3 is 2.50 bits per heavy atom. The van der Waals surface area contributed by atoms with E-state index in [9.17, 15) is 19.7 Å². The van der Waals surface area contributed by atoms with Crippen LogP contribution in [0.3, 0.4) is 0 Å². The maximum Gasteiger partial charge on any atom is 0.303 e. The highest BCUT2D eigenvalue weighted by atomic mass is 16.6. The molecule has 1 amide bonds. The molecule has 8 heteroatoms. The number of rotatable bonds is 11. The van der Waals surface area contributed by atoms with Crippen molar-refractivity contribution in [2.24, 2.45) is 5.92 Å². The lowest BCUT2D eigenvalue weighted by atomic mass is 9.83. The van der Waals surface area contributed by atoms with Gasteiger partial charge in [0, 0.05) is 37.3 Å². The van der Waals surface area contributed by atoms with Crippen LogP contribution in [-0.4, -0.2) is 47.7 Å². The van der Waals surface area contributed by atoms with Crippen LogP contribution in [0, 0.1) is 16.0 Å². The molecule has 0 aromatic rings. The summed E-state index contributed by atoms with van der Waals surface area (Å²) in [5, 5.41) is 22.5. The van der Waals surface area contributed by atoms with E-state index in [0.29, 0.717) is 25.8 Å². The first kappa shape index (κ1) is 20.3. The third kappa shape index (κ3) is 7.25. The van der Waals surface area contributed by atoms with Gasteiger partial charge in [-0.05, 0) is 25.7 Å². The summed E-state index contributed by atoms with van der Waals surface area (Å²) in [6.07, 6.45) is 5.47. The van der Waals surface area contributed by atoms with Crippen molar-refractivity contribution < 1.29 is 24.4 Å². The molecule has 1 fully saturated rings. The molecule has 138 valence electrons. The normalized spacial score (nSPS) is 23.6. The van der Waals surface area contributed by atoms with E-state index in [2.05, 4.69) is 5.32 Å². The van der Waals surface area contributed by atoms with Gasteiger partial charge >= 0.3 is 5.97 Å². The summed E-state index contributed by atoms with van der Waals surface area (Å²) in [5.74, 6) is -1.19. The summed E-state index contributed by atoms with van der Waals surface area (Å²) in [6.45, 7) is 0.561. The van der Waals surface area contributed by atoms with Crippen molar-refractivity contribution in [1.82, 2.24) is 5.32 Å². The summed E-state index contributed by atoms with van der Waals surface area (Å²) < 4.78 is 5.14. The topological polar surface area (TPSA) is 119 Å². The molecule has 1 saturated carbocycles. The minimum atomic E-state index is -0.811. The lowest BCUT2D eigenvalue weighted by molar-refractivity contribution is -0.539. The maximum absolute atomic E-state index is 12.1. The Morgan fingerprint density at radius 1 is 1.21 bits per heavy atom. The fraction of sp³-hybridized carbons (Fsp3) is 0.875. The van der Waals surface area contributed by atoms with E-state index in [4.69, 9.17) is 9.84 Å². The van der Waals surface area contributed by atoms with E-state index < -0.39 is 18.1 Å². The van der Waals surface area contributed by atoms with Crippen LogP contribution in [0.25, 0.3) is 0 Å². The Morgan fingerprint density at radius 2 is 1.88 bits per heavy atom. The number of aliphatic carboxylic acids is 1. The second-order valence-electron chi connectivity index (χ2n) is 6.34. The van der Waals surface area contributed by atoms with E-state index >= 15 is 0 Å². The van der Waals surface area contributed by atoms with Crippen LogP contribution in [0.2, 0.25) is 0 Å². The van der Waals surface area contributed by atoms with Gasteiger partial charge in [-0.2, -0.15) is 0 Å². The van der Waals surface area contributed by atoms with Crippen LogP contribution in [0.1, 0.15) is 57.8 Å². The highest BCUT2D eigenvalue weighted by Gasteiger charge is 2.40. The average molecular weight is 344 g/mol. The number of carboxylic acid groups (broad SMARTS) is 1. The number of nitrogens with zero attached hydrogens (tertiary/aromatic N) is 1. The molecule has 0 radical (unpaired) electrons. The predicted molar refractivity (Wildman–Crippen MR) is 87.3 cm³/mol. The summed E-state index contributed by atoms with van der Waals surface area (Å²) in [7, 11) is 1.47. The monoisotopic (exact) mass is 344 g/mol. The third-order valence-electron chi connectivity index (χ3n) is 4.57. The van der Waals surface area contributed by atoms with E-state index in [1.54, 1.807) is 0 Å². The molecule has 3 atom stereocenters. The van der Waals surface area contributed by atoms with Crippen LogP contribution in [0.4, 0.5) is 0 Å². The molecule has 2 N–H and O–H groups in total. The van der Waals surface area contributed by atoms with Crippen LogP contribution in [0.15, 0.2) is 0 Å². The van der Waals surface area contributed by atoms with Crippen LogP contribution >= 0.6 is 0 Å². The highest BCUT2D eigenvalue weighted by molar-refractivity contribution is 5.78. The van der Waals surface area contributed by atoms with Gasteiger partial charge in [-0.25, -0.2) is 0 Å². The molecule has 0 aromatic heterocycles. The number of amides is 1. The summed E-state index contributed by atoms with van der Waals surface area (Å²) in [5.41, 5.74) is 0. The molecule has 0 bridgehead atoms. The van der Waals surface area contributed by atoms with Gasteiger partial charge in [0.25, 0.3) is 0 Å². The number of unbranched alkanes of at least 4 members (excludes halogenated alkanes) is 4. The first-order valence-electron chi connectivity index (χ1n) is 8.61. The van der Waals surface area contributed by atoms with Crippen LogP contribution in [-0.2, 0) is 14.3 Å². The molecule has 8 nitrogen and oxygen atoms in total. The lowest BCUT2D eigenvalue weighted by Crippen LogP contribution is -2.45. The minimum absolute atomic E-state index is 0.109. The molecule has 0 saturated heterocycles. The van der Waals surface area contributed by atoms with E-state index in [1.165, 1.54) is 7.11 Å². The molecular formula is C16H28N2O6. The van der Waals surface area contributed by atoms with Gasteiger partial charge in [-0.3, -0.25) is 19.7 Å².